The van der Waals surface area contributed by atoms with E-state index in [4.69, 9.17) is 32.7 Å². The minimum atomic E-state index is -4.34. The van der Waals surface area contributed by atoms with Crippen molar-refractivity contribution in [2.45, 2.75) is 13.0 Å². The zero-order chi connectivity index (χ0) is 38.9. The lowest BCUT2D eigenvalue weighted by molar-refractivity contribution is -0.147. The lowest BCUT2D eigenvalue weighted by Gasteiger charge is -2.29. The molecule has 0 saturated heterocycles. The van der Waals surface area contributed by atoms with Gasteiger partial charge in [-0.3, -0.25) is 0 Å². The summed E-state index contributed by atoms with van der Waals surface area (Å²) in [6.07, 6.45) is -1.37. The Balaban J connectivity index is 1.83. The van der Waals surface area contributed by atoms with E-state index in [9.17, 15) is 27.5 Å². The quantitative estimate of drug-likeness (QED) is 0.0854. The molecule has 6 aromatic rings. The number of phenolic OH excluding ortho intramolecular Hbond substituents is 1. The largest absolute Gasteiger partial charge is 0.506 e. The van der Waals surface area contributed by atoms with E-state index in [0.717, 1.165) is 55.6 Å². The van der Waals surface area contributed by atoms with Crippen LogP contribution in [0.15, 0.2) is 121 Å². The average molecular weight is 814 g/mol. The number of ether oxygens (including phenoxy) is 2. The molecule has 6 rings (SSSR count). The van der Waals surface area contributed by atoms with Gasteiger partial charge in [0.05, 0.1) is 17.2 Å². The summed E-state index contributed by atoms with van der Waals surface area (Å²) in [6, 6.07) is 24.1. The number of benzene rings is 6. The molecule has 0 aliphatic heterocycles. The highest BCUT2D eigenvalue weighted by molar-refractivity contribution is 7.86. The molecule has 0 bridgehead atoms. The van der Waals surface area contributed by atoms with Gasteiger partial charge in [-0.15, -0.1) is 0 Å². The maximum Gasteiger partial charge on any atom is 0.346 e. The number of hydrogen-bond donors (Lipinski definition) is 1. The molecule has 0 aliphatic carbocycles. The number of phenols is 1. The molecule has 54 heavy (non-hydrogen) atoms. The van der Waals surface area contributed by atoms with Crippen molar-refractivity contribution in [1.29, 1.82) is 0 Å². The molecule has 1 N–H and O–H groups in total. The summed E-state index contributed by atoms with van der Waals surface area (Å²) < 4.78 is 100. The predicted octanol–water partition coefficient (Wildman–Crippen LogP) is 8.14. The molecule has 0 amide bonds. The smallest absolute Gasteiger partial charge is 0.346 e. The van der Waals surface area contributed by atoms with Crippen molar-refractivity contribution in [3.05, 3.63) is 155 Å². The molecule has 0 aromatic heterocycles. The number of carbonyl (C=O) groups excluding carboxylic acids is 1. The fourth-order valence-electron chi connectivity index (χ4n) is 6.08. The molecule has 6 aromatic carbocycles. The number of halogens is 6. The van der Waals surface area contributed by atoms with E-state index >= 15 is 9.13 Å². The van der Waals surface area contributed by atoms with Crippen molar-refractivity contribution in [3.8, 4) is 22.6 Å². The monoisotopic (exact) mass is 812 g/mol. The molecule has 276 valence electrons. The number of aromatic hydroxyl groups is 1. The number of methoxy groups -OCH3 is 1. The van der Waals surface area contributed by atoms with Gasteiger partial charge in [0, 0.05) is 43.0 Å². The number of rotatable bonds is 10. The van der Waals surface area contributed by atoms with Gasteiger partial charge in [0.2, 0.25) is 0 Å². The van der Waals surface area contributed by atoms with Gasteiger partial charge in [0.15, 0.2) is 20.4 Å². The second-order valence-corrected chi connectivity index (χ2v) is 18.2. The first kappa shape index (κ1) is 38.9. The third kappa shape index (κ3) is 7.07. The molecule has 0 aliphatic rings. The van der Waals surface area contributed by atoms with Gasteiger partial charge >= 0.3 is 5.97 Å². The maximum atomic E-state index is 16.0. The molecular weight excluding hydrogens is 785 g/mol. The van der Waals surface area contributed by atoms with E-state index in [1.165, 1.54) is 79.7 Å². The number of carbonyl (C=O) groups is 1. The molecular formula is C40H28Cl2F4O6P2. The second kappa shape index (κ2) is 15.5. The Bertz CT molecular complexity index is 2360. The third-order valence-corrected chi connectivity index (χ3v) is 15.5. The summed E-state index contributed by atoms with van der Waals surface area (Å²) in [5.74, 6) is -4.46. The van der Waals surface area contributed by atoms with E-state index in [0.29, 0.717) is 0 Å². The van der Waals surface area contributed by atoms with Gasteiger partial charge in [0.25, 0.3) is 0 Å². The molecule has 0 saturated carbocycles. The lowest BCUT2D eigenvalue weighted by Crippen LogP contribution is -2.31. The first-order valence-electron chi connectivity index (χ1n) is 16.0. The highest BCUT2D eigenvalue weighted by Gasteiger charge is 2.41. The summed E-state index contributed by atoms with van der Waals surface area (Å²) in [5, 5.41) is 11.5. The van der Waals surface area contributed by atoms with Crippen LogP contribution in [0.2, 0.25) is 10.0 Å². The van der Waals surface area contributed by atoms with Crippen LogP contribution in [0, 0.1) is 23.3 Å². The van der Waals surface area contributed by atoms with Gasteiger partial charge in [0.1, 0.15) is 34.8 Å². The van der Waals surface area contributed by atoms with Crippen LogP contribution in [0.5, 0.6) is 11.5 Å². The first-order valence-corrected chi connectivity index (χ1v) is 20.2. The van der Waals surface area contributed by atoms with Gasteiger partial charge < -0.3 is 23.7 Å². The van der Waals surface area contributed by atoms with Crippen LogP contribution in [0.25, 0.3) is 11.1 Å². The van der Waals surface area contributed by atoms with Gasteiger partial charge in [-0.2, -0.15) is 0 Å². The topological polar surface area (TPSA) is 89.9 Å². The van der Waals surface area contributed by atoms with Crippen LogP contribution >= 0.6 is 37.5 Å². The Morgan fingerprint density at radius 1 is 0.574 bits per heavy atom. The summed E-state index contributed by atoms with van der Waals surface area (Å²) in [5.41, 5.74) is -0.580. The maximum absolute atomic E-state index is 16.0. The highest BCUT2D eigenvalue weighted by atomic mass is 35.5. The van der Waals surface area contributed by atoms with Crippen LogP contribution in [0.1, 0.15) is 6.92 Å². The average Bonchev–Trinajstić information content (AvgIpc) is 3.16. The van der Waals surface area contributed by atoms with Crippen molar-refractivity contribution < 1.29 is 46.1 Å². The summed E-state index contributed by atoms with van der Waals surface area (Å²) in [6.45, 7) is 1.35. The van der Waals surface area contributed by atoms with Crippen molar-refractivity contribution in [1.82, 2.24) is 0 Å². The van der Waals surface area contributed by atoms with E-state index in [-0.39, 0.29) is 58.7 Å². The van der Waals surface area contributed by atoms with Gasteiger partial charge in [-0.1, -0.05) is 23.2 Å². The standard InChI is InChI=1S/C40H28Cl2F4O6P2/c1-23(40(48)51-2)52-39-33(42)20-22-35(54(50,30-15-7-26(45)8-16-30)31-17-9-27(46)10-18-31)37(39)36-34(21-19-32(41)38(36)47)53(49,28-11-3-24(43)4-12-28)29-13-5-25(44)6-14-29/h3-23,47H,1-2H3. The number of esters is 1. The van der Waals surface area contributed by atoms with E-state index < -0.39 is 55.4 Å². The van der Waals surface area contributed by atoms with Gasteiger partial charge in [-0.05, 0) is 128 Å². The van der Waals surface area contributed by atoms with Crippen molar-refractivity contribution in [2.24, 2.45) is 0 Å². The lowest BCUT2D eigenvalue weighted by atomic mass is 10.0. The molecule has 6 nitrogen and oxygen atoms in total. The fraction of sp³-hybridized carbons (Fsp3) is 0.0750. The molecule has 0 fully saturated rings. The van der Waals surface area contributed by atoms with Crippen molar-refractivity contribution in [2.75, 3.05) is 7.11 Å². The Morgan fingerprint density at radius 2 is 0.907 bits per heavy atom. The zero-order valence-electron chi connectivity index (χ0n) is 28.3. The molecule has 0 radical (unpaired) electrons. The summed E-state index contributed by atoms with van der Waals surface area (Å²) >= 11 is 13.4. The second-order valence-electron chi connectivity index (χ2n) is 12.0. The van der Waals surface area contributed by atoms with E-state index in [2.05, 4.69) is 0 Å². The highest BCUT2D eigenvalue weighted by Crippen LogP contribution is 2.55. The summed E-state index contributed by atoms with van der Waals surface area (Å²) in [4.78, 5) is 12.7. The van der Waals surface area contributed by atoms with Crippen LogP contribution < -0.4 is 36.6 Å². The van der Waals surface area contributed by atoms with Crippen LogP contribution in [0.4, 0.5) is 17.6 Å². The van der Waals surface area contributed by atoms with Crippen molar-refractivity contribution in [3.63, 3.8) is 0 Å². The Labute approximate surface area is 317 Å². The summed E-state index contributed by atoms with van der Waals surface area (Å²) in [7, 11) is -7.53. The minimum absolute atomic E-state index is 0.0488. The molecule has 14 heteroatoms. The SMILES string of the molecule is COC(=O)C(C)Oc1c(Cl)ccc(P(=O)(c2ccc(F)cc2)c2ccc(F)cc2)c1-c1c(P(=O)(c2ccc(F)cc2)c2ccc(F)cc2)ccc(Cl)c1O. The third-order valence-electron chi connectivity index (χ3n) is 8.71. The predicted molar refractivity (Wildman–Crippen MR) is 204 cm³/mol. The zero-order valence-corrected chi connectivity index (χ0v) is 31.6. The Morgan fingerprint density at radius 3 is 1.26 bits per heavy atom. The molecule has 1 unspecified atom stereocenters. The first-order chi connectivity index (χ1) is 25.7. The van der Waals surface area contributed by atoms with Crippen LogP contribution in [-0.4, -0.2) is 24.3 Å². The van der Waals surface area contributed by atoms with Gasteiger partial charge in [-0.25, -0.2) is 22.4 Å². The van der Waals surface area contributed by atoms with Crippen molar-refractivity contribution >= 4 is 75.3 Å². The molecule has 0 spiro atoms. The molecule has 1 atom stereocenters. The fourth-order valence-corrected chi connectivity index (χ4v) is 12.1. The Hall–Kier alpha value is -4.85. The Kier molecular flexibility index (Phi) is 11.1. The minimum Gasteiger partial charge on any atom is -0.506 e. The number of hydrogen-bond acceptors (Lipinski definition) is 6. The normalized spacial score (nSPS) is 12.3. The molecule has 0 heterocycles. The van der Waals surface area contributed by atoms with E-state index in [1.807, 2.05) is 0 Å². The van der Waals surface area contributed by atoms with E-state index in [1.54, 1.807) is 0 Å². The van der Waals surface area contributed by atoms with Crippen LogP contribution in [-0.2, 0) is 18.7 Å². The van der Waals surface area contributed by atoms with Crippen LogP contribution in [0.3, 0.4) is 0 Å².